The molecular weight excluding hydrogens is 180 g/mol. The van der Waals surface area contributed by atoms with E-state index in [9.17, 15) is 0 Å². The van der Waals surface area contributed by atoms with Crippen LogP contribution in [0.25, 0.3) is 0 Å². The van der Waals surface area contributed by atoms with Crippen LogP contribution in [0.4, 0.5) is 0 Å². The maximum absolute atomic E-state index is 5.56. The summed E-state index contributed by atoms with van der Waals surface area (Å²) in [7, 11) is 0. The van der Waals surface area contributed by atoms with Crippen molar-refractivity contribution in [3.63, 3.8) is 0 Å². The lowest BCUT2D eigenvalue weighted by atomic mass is 10.2. The highest BCUT2D eigenvalue weighted by Crippen LogP contribution is 2.16. The van der Waals surface area contributed by atoms with Crippen LogP contribution < -0.4 is 11.3 Å². The van der Waals surface area contributed by atoms with Crippen LogP contribution in [0.3, 0.4) is 0 Å². The Morgan fingerprint density at radius 2 is 2.29 bits per heavy atom. The molecule has 4 heteroatoms. The molecule has 0 bridgehead atoms. The van der Waals surface area contributed by atoms with Gasteiger partial charge in [-0.3, -0.25) is 5.84 Å². The molecule has 1 heterocycles. The molecule has 0 radical (unpaired) electrons. The number of hydrogen-bond acceptors (Lipinski definition) is 4. The van der Waals surface area contributed by atoms with Crippen LogP contribution in [0.2, 0.25) is 0 Å². The largest absolute Gasteiger partial charge is 0.464 e. The van der Waals surface area contributed by atoms with Gasteiger partial charge in [-0.25, -0.2) is 5.43 Å². The van der Waals surface area contributed by atoms with E-state index in [0.29, 0.717) is 13.2 Å². The van der Waals surface area contributed by atoms with E-state index >= 15 is 0 Å². The van der Waals surface area contributed by atoms with Crippen molar-refractivity contribution in [3.8, 4) is 0 Å². The van der Waals surface area contributed by atoms with Crippen molar-refractivity contribution in [2.45, 2.75) is 26.3 Å². The van der Waals surface area contributed by atoms with E-state index in [1.54, 1.807) is 0 Å². The van der Waals surface area contributed by atoms with Gasteiger partial charge in [-0.1, -0.05) is 6.92 Å². The van der Waals surface area contributed by atoms with Crippen molar-refractivity contribution in [1.82, 2.24) is 5.43 Å². The fourth-order valence-electron chi connectivity index (χ4n) is 1.22. The number of ether oxygens (including phenoxy) is 1. The highest BCUT2D eigenvalue weighted by Gasteiger charge is 2.13. The van der Waals surface area contributed by atoms with Gasteiger partial charge in [0.05, 0.1) is 6.61 Å². The molecule has 1 aromatic heterocycles. The predicted octanol–water partition coefficient (Wildman–Crippen LogP) is 1.38. The lowest BCUT2D eigenvalue weighted by Gasteiger charge is -2.12. The van der Waals surface area contributed by atoms with Gasteiger partial charge in [-0.05, 0) is 19.1 Å². The van der Waals surface area contributed by atoms with Gasteiger partial charge in [0, 0.05) is 13.0 Å². The van der Waals surface area contributed by atoms with Crippen LogP contribution in [-0.2, 0) is 11.2 Å². The van der Waals surface area contributed by atoms with Crippen molar-refractivity contribution < 1.29 is 9.15 Å². The third-order valence-electron chi connectivity index (χ3n) is 2.06. The summed E-state index contributed by atoms with van der Waals surface area (Å²) >= 11 is 0. The van der Waals surface area contributed by atoms with E-state index in [-0.39, 0.29) is 6.04 Å². The van der Waals surface area contributed by atoms with E-state index in [1.165, 1.54) is 0 Å². The van der Waals surface area contributed by atoms with Crippen molar-refractivity contribution in [3.05, 3.63) is 23.7 Å². The predicted molar refractivity (Wildman–Crippen MR) is 54.6 cm³/mol. The SMILES string of the molecule is CCOCC(NN)c1ccc(CC)o1. The van der Waals surface area contributed by atoms with Gasteiger partial charge in [0.25, 0.3) is 0 Å². The molecule has 1 atom stereocenters. The minimum atomic E-state index is -0.0600. The smallest absolute Gasteiger partial charge is 0.124 e. The second kappa shape index (κ2) is 5.80. The summed E-state index contributed by atoms with van der Waals surface area (Å²) in [6.07, 6.45) is 0.895. The van der Waals surface area contributed by atoms with E-state index in [1.807, 2.05) is 19.1 Å². The highest BCUT2D eigenvalue weighted by atomic mass is 16.5. The van der Waals surface area contributed by atoms with Crippen molar-refractivity contribution in [1.29, 1.82) is 0 Å². The van der Waals surface area contributed by atoms with Crippen LogP contribution in [0.1, 0.15) is 31.4 Å². The van der Waals surface area contributed by atoms with E-state index < -0.39 is 0 Å². The van der Waals surface area contributed by atoms with Gasteiger partial charge in [0.15, 0.2) is 0 Å². The number of nitrogens with one attached hydrogen (secondary N) is 1. The number of rotatable bonds is 6. The quantitative estimate of drug-likeness (QED) is 0.535. The van der Waals surface area contributed by atoms with Gasteiger partial charge in [0.1, 0.15) is 17.6 Å². The average Bonchev–Trinajstić information content (AvgIpc) is 2.68. The van der Waals surface area contributed by atoms with Crippen molar-refractivity contribution in [2.24, 2.45) is 5.84 Å². The zero-order valence-electron chi connectivity index (χ0n) is 8.75. The number of furan rings is 1. The lowest BCUT2D eigenvalue weighted by molar-refractivity contribution is 0.116. The van der Waals surface area contributed by atoms with Crippen molar-refractivity contribution in [2.75, 3.05) is 13.2 Å². The third-order valence-corrected chi connectivity index (χ3v) is 2.06. The zero-order valence-corrected chi connectivity index (χ0v) is 8.75. The summed E-state index contributed by atoms with van der Waals surface area (Å²) in [5, 5.41) is 0. The average molecular weight is 198 g/mol. The number of nitrogens with two attached hydrogens (primary N) is 1. The Hall–Kier alpha value is -0.840. The second-order valence-electron chi connectivity index (χ2n) is 3.04. The molecule has 0 aliphatic heterocycles. The van der Waals surface area contributed by atoms with Gasteiger partial charge >= 0.3 is 0 Å². The Morgan fingerprint density at radius 3 is 2.79 bits per heavy atom. The molecule has 0 saturated carbocycles. The van der Waals surface area contributed by atoms with Crippen molar-refractivity contribution >= 4 is 0 Å². The maximum atomic E-state index is 5.56. The Bertz CT molecular complexity index is 260. The monoisotopic (exact) mass is 198 g/mol. The molecule has 0 aromatic carbocycles. The van der Waals surface area contributed by atoms with Crippen LogP contribution in [-0.4, -0.2) is 13.2 Å². The molecule has 1 unspecified atom stereocenters. The first-order chi connectivity index (χ1) is 6.81. The number of hydrogen-bond donors (Lipinski definition) is 2. The molecule has 0 saturated heterocycles. The molecule has 80 valence electrons. The van der Waals surface area contributed by atoms with Crippen LogP contribution >= 0.6 is 0 Å². The summed E-state index contributed by atoms with van der Waals surface area (Å²) in [5.41, 5.74) is 2.67. The molecular formula is C10H18N2O2. The summed E-state index contributed by atoms with van der Waals surface area (Å²) < 4.78 is 10.8. The molecule has 0 fully saturated rings. The lowest BCUT2D eigenvalue weighted by Crippen LogP contribution is -2.31. The van der Waals surface area contributed by atoms with Gasteiger partial charge in [-0.15, -0.1) is 0 Å². The third kappa shape index (κ3) is 2.83. The minimum Gasteiger partial charge on any atom is -0.464 e. The van der Waals surface area contributed by atoms with Gasteiger partial charge in [0.2, 0.25) is 0 Å². The standard InChI is InChI=1S/C10H18N2O2/c1-3-8-5-6-10(14-8)9(12-11)7-13-4-2/h5-6,9,12H,3-4,7,11H2,1-2H3. The normalized spacial score (nSPS) is 13.1. The number of aryl methyl sites for hydroxylation is 1. The molecule has 3 N–H and O–H groups in total. The first-order valence-corrected chi connectivity index (χ1v) is 4.94. The molecule has 4 nitrogen and oxygen atoms in total. The first-order valence-electron chi connectivity index (χ1n) is 4.94. The van der Waals surface area contributed by atoms with E-state index in [0.717, 1.165) is 17.9 Å². The summed E-state index contributed by atoms with van der Waals surface area (Å²) in [5.74, 6) is 7.21. The zero-order chi connectivity index (χ0) is 10.4. The Labute approximate surface area is 84.4 Å². The summed E-state index contributed by atoms with van der Waals surface area (Å²) in [6.45, 7) is 5.21. The highest BCUT2D eigenvalue weighted by molar-refractivity contribution is 5.10. The molecule has 0 spiro atoms. The van der Waals surface area contributed by atoms with Crippen LogP contribution in [0.15, 0.2) is 16.5 Å². The van der Waals surface area contributed by atoms with Gasteiger partial charge in [-0.2, -0.15) is 0 Å². The molecule has 1 rings (SSSR count). The topological polar surface area (TPSA) is 60.4 Å². The number of hydrazine groups is 1. The van der Waals surface area contributed by atoms with E-state index in [4.69, 9.17) is 15.0 Å². The Kier molecular flexibility index (Phi) is 4.65. The first kappa shape index (κ1) is 11.2. The molecule has 14 heavy (non-hydrogen) atoms. The minimum absolute atomic E-state index is 0.0600. The summed E-state index contributed by atoms with van der Waals surface area (Å²) in [6, 6.07) is 3.84. The second-order valence-corrected chi connectivity index (χ2v) is 3.04. The van der Waals surface area contributed by atoms with Crippen LogP contribution in [0.5, 0.6) is 0 Å². The fraction of sp³-hybridized carbons (Fsp3) is 0.600. The van der Waals surface area contributed by atoms with Gasteiger partial charge < -0.3 is 9.15 Å². The Balaban J connectivity index is 2.58. The Morgan fingerprint density at radius 1 is 1.50 bits per heavy atom. The maximum Gasteiger partial charge on any atom is 0.124 e. The molecule has 1 aromatic rings. The fourth-order valence-corrected chi connectivity index (χ4v) is 1.22. The molecule has 0 amide bonds. The summed E-state index contributed by atoms with van der Waals surface area (Å²) in [4.78, 5) is 0. The molecule has 0 aliphatic carbocycles. The van der Waals surface area contributed by atoms with E-state index in [2.05, 4.69) is 12.3 Å². The van der Waals surface area contributed by atoms with Crippen LogP contribution in [0, 0.1) is 0 Å². The molecule has 0 aliphatic rings.